The third-order valence-electron chi connectivity index (χ3n) is 4.28. The molecule has 2 N–H and O–H groups in total. The molecule has 3 rings (SSSR count). The van der Waals surface area contributed by atoms with Gasteiger partial charge in [-0.05, 0) is 38.9 Å². The SMILES string of the molecule is Cc1ccc(-c2n[nH]c(=S)n2CC(=O)N[C@H](C)[C@H]2CCCO2)cc1. The highest BCUT2D eigenvalue weighted by molar-refractivity contribution is 7.71. The van der Waals surface area contributed by atoms with Crippen molar-refractivity contribution in [2.45, 2.75) is 45.4 Å². The van der Waals surface area contributed by atoms with E-state index in [4.69, 9.17) is 17.0 Å². The number of rotatable bonds is 5. The highest BCUT2D eigenvalue weighted by Crippen LogP contribution is 2.18. The first-order valence-electron chi connectivity index (χ1n) is 8.18. The molecule has 0 saturated carbocycles. The predicted octanol–water partition coefficient (Wildman–Crippen LogP) is 2.60. The minimum atomic E-state index is -0.0936. The van der Waals surface area contributed by atoms with E-state index in [9.17, 15) is 4.79 Å². The molecule has 2 atom stereocenters. The Hall–Kier alpha value is -1.99. The summed E-state index contributed by atoms with van der Waals surface area (Å²) in [5.41, 5.74) is 2.09. The van der Waals surface area contributed by atoms with Gasteiger partial charge in [-0.3, -0.25) is 14.5 Å². The fourth-order valence-electron chi connectivity index (χ4n) is 2.92. The van der Waals surface area contributed by atoms with Gasteiger partial charge in [-0.2, -0.15) is 5.10 Å². The first-order chi connectivity index (χ1) is 11.5. The molecule has 0 radical (unpaired) electrons. The molecule has 7 heteroatoms. The Morgan fingerprint density at radius 1 is 1.50 bits per heavy atom. The maximum atomic E-state index is 12.4. The number of hydrogen-bond donors (Lipinski definition) is 2. The maximum Gasteiger partial charge on any atom is 0.240 e. The van der Waals surface area contributed by atoms with E-state index in [1.165, 1.54) is 5.56 Å². The van der Waals surface area contributed by atoms with E-state index in [0.29, 0.717) is 10.6 Å². The molecule has 24 heavy (non-hydrogen) atoms. The van der Waals surface area contributed by atoms with Gasteiger partial charge in [0, 0.05) is 12.2 Å². The number of aromatic nitrogens is 3. The van der Waals surface area contributed by atoms with E-state index < -0.39 is 0 Å². The van der Waals surface area contributed by atoms with Crippen molar-refractivity contribution in [1.29, 1.82) is 0 Å². The molecule has 0 unspecified atom stereocenters. The van der Waals surface area contributed by atoms with Crippen molar-refractivity contribution in [3.8, 4) is 11.4 Å². The zero-order chi connectivity index (χ0) is 17.1. The van der Waals surface area contributed by atoms with Crippen molar-refractivity contribution in [2.75, 3.05) is 6.61 Å². The molecule has 1 saturated heterocycles. The van der Waals surface area contributed by atoms with Crippen LogP contribution in [0.4, 0.5) is 0 Å². The number of carbonyl (C=O) groups is 1. The molecule has 0 spiro atoms. The van der Waals surface area contributed by atoms with Crippen LogP contribution in [-0.4, -0.2) is 39.4 Å². The van der Waals surface area contributed by atoms with Gasteiger partial charge in [0.1, 0.15) is 6.54 Å². The summed E-state index contributed by atoms with van der Waals surface area (Å²) in [5.74, 6) is 0.573. The van der Waals surface area contributed by atoms with Crippen LogP contribution in [0.1, 0.15) is 25.3 Å². The topological polar surface area (TPSA) is 71.9 Å². The fraction of sp³-hybridized carbons (Fsp3) is 0.471. The van der Waals surface area contributed by atoms with Crippen molar-refractivity contribution in [1.82, 2.24) is 20.1 Å². The van der Waals surface area contributed by atoms with Crippen molar-refractivity contribution in [3.63, 3.8) is 0 Å². The summed E-state index contributed by atoms with van der Waals surface area (Å²) >= 11 is 5.28. The van der Waals surface area contributed by atoms with Gasteiger partial charge in [-0.15, -0.1) is 0 Å². The number of aromatic amines is 1. The Balaban J connectivity index is 1.72. The summed E-state index contributed by atoms with van der Waals surface area (Å²) in [5, 5.41) is 10.0. The summed E-state index contributed by atoms with van der Waals surface area (Å²) < 4.78 is 7.77. The number of nitrogens with zero attached hydrogens (tertiary/aromatic N) is 2. The summed E-state index contributed by atoms with van der Waals surface area (Å²) in [7, 11) is 0. The third-order valence-corrected chi connectivity index (χ3v) is 4.59. The summed E-state index contributed by atoms with van der Waals surface area (Å²) in [6.07, 6.45) is 2.14. The lowest BCUT2D eigenvalue weighted by Gasteiger charge is -2.20. The monoisotopic (exact) mass is 346 g/mol. The number of H-pyrrole nitrogens is 1. The van der Waals surface area contributed by atoms with E-state index in [-0.39, 0.29) is 24.6 Å². The quantitative estimate of drug-likeness (QED) is 0.817. The molecular formula is C17H22N4O2S. The van der Waals surface area contributed by atoms with Gasteiger partial charge in [-0.1, -0.05) is 29.8 Å². The molecule has 1 aromatic heterocycles. The Labute approximate surface area is 146 Å². The van der Waals surface area contributed by atoms with Crippen LogP contribution in [-0.2, 0) is 16.1 Å². The van der Waals surface area contributed by atoms with Crippen LogP contribution in [0.3, 0.4) is 0 Å². The van der Waals surface area contributed by atoms with Gasteiger partial charge in [0.25, 0.3) is 0 Å². The zero-order valence-corrected chi connectivity index (χ0v) is 14.7. The zero-order valence-electron chi connectivity index (χ0n) is 13.9. The second kappa shape index (κ2) is 7.27. The summed E-state index contributed by atoms with van der Waals surface area (Å²) in [4.78, 5) is 12.4. The number of benzene rings is 1. The normalized spacial score (nSPS) is 18.5. The Morgan fingerprint density at radius 3 is 2.92 bits per heavy atom. The minimum absolute atomic E-state index is 0.0103. The second-order valence-corrected chi connectivity index (χ2v) is 6.60. The summed E-state index contributed by atoms with van der Waals surface area (Å²) in [6, 6.07) is 7.96. The van der Waals surface area contributed by atoms with E-state index >= 15 is 0 Å². The molecule has 128 valence electrons. The second-order valence-electron chi connectivity index (χ2n) is 6.21. The third kappa shape index (κ3) is 3.73. The average molecular weight is 346 g/mol. The molecule has 1 aliphatic rings. The number of amides is 1. The van der Waals surface area contributed by atoms with Crippen LogP contribution in [0, 0.1) is 11.7 Å². The lowest BCUT2D eigenvalue weighted by atomic mass is 10.1. The van der Waals surface area contributed by atoms with E-state index in [1.54, 1.807) is 4.57 Å². The standard InChI is InChI=1S/C17H22N4O2S/c1-11-5-7-13(8-6-11)16-19-20-17(24)21(16)10-15(22)18-12(2)14-4-3-9-23-14/h5-8,12,14H,3-4,9-10H2,1-2H3,(H,18,22)(H,20,24)/t12-,14-/m1/s1. The van der Waals surface area contributed by atoms with Crippen LogP contribution in [0.25, 0.3) is 11.4 Å². The largest absolute Gasteiger partial charge is 0.376 e. The number of ether oxygens (including phenoxy) is 1. The maximum absolute atomic E-state index is 12.4. The highest BCUT2D eigenvalue weighted by atomic mass is 32.1. The first kappa shape index (κ1) is 16.9. The van der Waals surface area contributed by atoms with Crippen molar-refractivity contribution < 1.29 is 9.53 Å². The van der Waals surface area contributed by atoms with Gasteiger partial charge in [0.2, 0.25) is 5.91 Å². The molecule has 2 heterocycles. The molecule has 1 aromatic carbocycles. The molecule has 2 aromatic rings. The van der Waals surface area contributed by atoms with E-state index in [0.717, 1.165) is 25.0 Å². The van der Waals surface area contributed by atoms with Crippen LogP contribution in [0.2, 0.25) is 0 Å². The minimum Gasteiger partial charge on any atom is -0.376 e. The number of aryl methyl sites for hydroxylation is 1. The predicted molar refractivity (Wildman–Crippen MR) is 94.2 cm³/mol. The van der Waals surface area contributed by atoms with Crippen LogP contribution in [0.15, 0.2) is 24.3 Å². The van der Waals surface area contributed by atoms with Gasteiger partial charge in [0.05, 0.1) is 12.1 Å². The Bertz CT molecular complexity index is 760. The molecule has 0 bridgehead atoms. The Morgan fingerprint density at radius 2 is 2.25 bits per heavy atom. The van der Waals surface area contributed by atoms with Gasteiger partial charge in [0.15, 0.2) is 10.6 Å². The van der Waals surface area contributed by atoms with Crippen molar-refractivity contribution in [2.24, 2.45) is 0 Å². The first-order valence-corrected chi connectivity index (χ1v) is 8.58. The molecule has 1 fully saturated rings. The molecule has 1 aliphatic heterocycles. The Kier molecular flexibility index (Phi) is 5.11. The molecule has 6 nitrogen and oxygen atoms in total. The van der Waals surface area contributed by atoms with Crippen LogP contribution >= 0.6 is 12.2 Å². The van der Waals surface area contributed by atoms with E-state index in [2.05, 4.69) is 15.5 Å². The van der Waals surface area contributed by atoms with E-state index in [1.807, 2.05) is 38.1 Å². The number of nitrogens with one attached hydrogen (secondary N) is 2. The highest BCUT2D eigenvalue weighted by Gasteiger charge is 2.24. The molecular weight excluding hydrogens is 324 g/mol. The van der Waals surface area contributed by atoms with Gasteiger partial charge >= 0.3 is 0 Å². The van der Waals surface area contributed by atoms with Crippen LogP contribution < -0.4 is 5.32 Å². The number of hydrogen-bond acceptors (Lipinski definition) is 4. The van der Waals surface area contributed by atoms with Crippen LogP contribution in [0.5, 0.6) is 0 Å². The average Bonchev–Trinajstić information content (AvgIpc) is 3.20. The smallest absolute Gasteiger partial charge is 0.240 e. The van der Waals surface area contributed by atoms with Gasteiger partial charge in [-0.25, -0.2) is 0 Å². The number of carbonyl (C=O) groups excluding carboxylic acids is 1. The lowest BCUT2D eigenvalue weighted by Crippen LogP contribution is -2.42. The van der Waals surface area contributed by atoms with Gasteiger partial charge < -0.3 is 10.1 Å². The fourth-order valence-corrected chi connectivity index (χ4v) is 3.12. The molecule has 1 amide bonds. The summed E-state index contributed by atoms with van der Waals surface area (Å²) in [6.45, 7) is 4.91. The van der Waals surface area contributed by atoms with Crippen molar-refractivity contribution >= 4 is 18.1 Å². The molecule has 0 aliphatic carbocycles. The lowest BCUT2D eigenvalue weighted by molar-refractivity contribution is -0.123. The van der Waals surface area contributed by atoms with Crippen molar-refractivity contribution in [3.05, 3.63) is 34.6 Å².